The molecule has 0 aromatic heterocycles. The molecule has 0 unspecified atom stereocenters. The van der Waals surface area contributed by atoms with Crippen LogP contribution in [0.2, 0.25) is 10.0 Å². The number of benzene rings is 2. The lowest BCUT2D eigenvalue weighted by molar-refractivity contribution is 0.274. The highest BCUT2D eigenvalue weighted by Gasteiger charge is 2.09. The molecule has 0 spiro atoms. The van der Waals surface area contributed by atoms with Gasteiger partial charge in [0.25, 0.3) is 0 Å². The molecule has 0 saturated heterocycles. The predicted octanol–water partition coefficient (Wildman–Crippen LogP) is 4.07. The molecular weight excluding hydrogens is 299 g/mol. The van der Waals surface area contributed by atoms with Gasteiger partial charge in [0.05, 0.1) is 13.7 Å². The number of methoxy groups -OCH3 is 1. The van der Waals surface area contributed by atoms with E-state index in [1.165, 1.54) is 0 Å². The molecule has 1 N–H and O–H groups in total. The minimum absolute atomic E-state index is 0.0486. The summed E-state index contributed by atoms with van der Waals surface area (Å²) in [6.45, 7) is 0.195. The minimum Gasteiger partial charge on any atom is -0.493 e. The van der Waals surface area contributed by atoms with Gasteiger partial charge in [-0.3, -0.25) is 0 Å². The second-order valence-electron chi connectivity index (χ2n) is 4.13. The Balaban J connectivity index is 2.19. The van der Waals surface area contributed by atoms with Gasteiger partial charge in [0.1, 0.15) is 6.61 Å². The van der Waals surface area contributed by atoms with E-state index >= 15 is 0 Å². The highest BCUT2D eigenvalue weighted by Crippen LogP contribution is 2.31. The summed E-state index contributed by atoms with van der Waals surface area (Å²) in [5, 5.41) is 10.2. The number of hydrogen-bond donors (Lipinski definition) is 1. The molecule has 0 heterocycles. The summed E-state index contributed by atoms with van der Waals surface area (Å²) in [6, 6.07) is 10.5. The Labute approximate surface area is 127 Å². The minimum atomic E-state index is -0.0486. The first-order chi connectivity index (χ1) is 9.65. The summed E-state index contributed by atoms with van der Waals surface area (Å²) in [5.41, 5.74) is 1.48. The molecule has 0 aliphatic heterocycles. The average Bonchev–Trinajstić information content (AvgIpc) is 2.46. The van der Waals surface area contributed by atoms with Crippen LogP contribution in [0.3, 0.4) is 0 Å². The van der Waals surface area contributed by atoms with Crippen LogP contribution in [-0.2, 0) is 13.2 Å². The number of ether oxygens (including phenoxy) is 2. The summed E-state index contributed by atoms with van der Waals surface area (Å²) < 4.78 is 10.9. The summed E-state index contributed by atoms with van der Waals surface area (Å²) in [7, 11) is 1.55. The zero-order chi connectivity index (χ0) is 14.5. The maximum atomic E-state index is 9.10. The zero-order valence-electron chi connectivity index (χ0n) is 10.9. The van der Waals surface area contributed by atoms with Crippen LogP contribution < -0.4 is 9.47 Å². The zero-order valence-corrected chi connectivity index (χ0v) is 12.4. The van der Waals surface area contributed by atoms with Crippen molar-refractivity contribution in [2.75, 3.05) is 7.11 Å². The van der Waals surface area contributed by atoms with E-state index in [1.54, 1.807) is 43.5 Å². The highest BCUT2D eigenvalue weighted by molar-refractivity contribution is 6.35. The van der Waals surface area contributed by atoms with Gasteiger partial charge < -0.3 is 14.6 Å². The van der Waals surface area contributed by atoms with Crippen LogP contribution in [0.5, 0.6) is 11.5 Å². The smallest absolute Gasteiger partial charge is 0.161 e. The van der Waals surface area contributed by atoms with Gasteiger partial charge in [-0.1, -0.05) is 35.3 Å². The molecular formula is C15H14Cl2O3. The molecule has 2 rings (SSSR count). The molecule has 0 amide bonds. The first kappa shape index (κ1) is 15.0. The lowest BCUT2D eigenvalue weighted by Crippen LogP contribution is -2.00. The van der Waals surface area contributed by atoms with E-state index in [9.17, 15) is 0 Å². The first-order valence-electron chi connectivity index (χ1n) is 5.99. The molecule has 0 saturated carbocycles. The molecule has 2 aromatic rings. The first-order valence-corrected chi connectivity index (χ1v) is 6.74. The van der Waals surface area contributed by atoms with Crippen molar-refractivity contribution in [1.29, 1.82) is 0 Å². The predicted molar refractivity (Wildman–Crippen MR) is 79.7 cm³/mol. The molecule has 3 nitrogen and oxygen atoms in total. The Morgan fingerprint density at radius 1 is 1.05 bits per heavy atom. The number of halogens is 2. The van der Waals surface area contributed by atoms with Crippen LogP contribution in [0, 0.1) is 0 Å². The normalized spacial score (nSPS) is 10.4. The Morgan fingerprint density at radius 3 is 2.35 bits per heavy atom. The fourth-order valence-electron chi connectivity index (χ4n) is 1.75. The van der Waals surface area contributed by atoms with Gasteiger partial charge in [-0.2, -0.15) is 0 Å². The van der Waals surface area contributed by atoms with Crippen molar-refractivity contribution in [3.05, 3.63) is 57.6 Å². The maximum absolute atomic E-state index is 9.10. The van der Waals surface area contributed by atoms with Crippen molar-refractivity contribution < 1.29 is 14.6 Å². The lowest BCUT2D eigenvalue weighted by atomic mass is 10.2. The summed E-state index contributed by atoms with van der Waals surface area (Å²) >= 11 is 12.2. The number of aliphatic hydroxyl groups is 1. The number of hydrogen-bond acceptors (Lipinski definition) is 3. The molecule has 0 atom stereocenters. The van der Waals surface area contributed by atoms with Crippen molar-refractivity contribution in [3.8, 4) is 11.5 Å². The third kappa shape index (κ3) is 3.37. The third-order valence-corrected chi connectivity index (χ3v) is 3.55. The largest absolute Gasteiger partial charge is 0.493 e. The van der Waals surface area contributed by atoms with Crippen LogP contribution in [0.25, 0.3) is 0 Å². The lowest BCUT2D eigenvalue weighted by Gasteiger charge is -2.13. The van der Waals surface area contributed by atoms with Gasteiger partial charge in [-0.05, 0) is 29.8 Å². The number of rotatable bonds is 5. The molecule has 5 heteroatoms. The van der Waals surface area contributed by atoms with Gasteiger partial charge in [0.15, 0.2) is 11.5 Å². The van der Waals surface area contributed by atoms with Crippen LogP contribution in [-0.4, -0.2) is 12.2 Å². The molecule has 0 radical (unpaired) electrons. The van der Waals surface area contributed by atoms with E-state index in [-0.39, 0.29) is 13.2 Å². The van der Waals surface area contributed by atoms with E-state index in [0.29, 0.717) is 21.5 Å². The molecule has 106 valence electrons. The van der Waals surface area contributed by atoms with Crippen LogP contribution >= 0.6 is 23.2 Å². The Kier molecular flexibility index (Phi) is 5.12. The fourth-order valence-corrected chi connectivity index (χ4v) is 2.26. The average molecular weight is 313 g/mol. The van der Waals surface area contributed by atoms with Gasteiger partial charge in [0, 0.05) is 15.6 Å². The molecule has 2 aromatic carbocycles. The molecule has 0 aliphatic carbocycles. The van der Waals surface area contributed by atoms with Crippen molar-refractivity contribution >= 4 is 23.2 Å². The van der Waals surface area contributed by atoms with Gasteiger partial charge in [0.2, 0.25) is 0 Å². The van der Waals surface area contributed by atoms with E-state index < -0.39 is 0 Å². The van der Waals surface area contributed by atoms with Gasteiger partial charge in [-0.25, -0.2) is 0 Å². The van der Waals surface area contributed by atoms with Gasteiger partial charge in [-0.15, -0.1) is 0 Å². The molecule has 0 bridgehead atoms. The topological polar surface area (TPSA) is 38.7 Å². The standard InChI is InChI=1S/C15H14Cl2O3/c1-19-15-7-10(8-18)5-6-14(15)20-9-11-12(16)3-2-4-13(11)17/h2-7,18H,8-9H2,1H3. The Bertz CT molecular complexity index is 579. The Morgan fingerprint density at radius 2 is 1.75 bits per heavy atom. The van der Waals surface area contributed by atoms with Crippen LogP contribution in [0.1, 0.15) is 11.1 Å². The van der Waals surface area contributed by atoms with E-state index in [1.807, 2.05) is 0 Å². The van der Waals surface area contributed by atoms with Crippen molar-refractivity contribution in [3.63, 3.8) is 0 Å². The van der Waals surface area contributed by atoms with Crippen molar-refractivity contribution in [1.82, 2.24) is 0 Å². The van der Waals surface area contributed by atoms with Crippen LogP contribution in [0.4, 0.5) is 0 Å². The van der Waals surface area contributed by atoms with Gasteiger partial charge >= 0.3 is 0 Å². The summed E-state index contributed by atoms with van der Waals surface area (Å²) in [5.74, 6) is 1.13. The van der Waals surface area contributed by atoms with E-state index in [2.05, 4.69) is 0 Å². The van der Waals surface area contributed by atoms with Crippen molar-refractivity contribution in [2.24, 2.45) is 0 Å². The molecule has 0 aliphatic rings. The third-order valence-electron chi connectivity index (χ3n) is 2.84. The Hall–Kier alpha value is -1.42. The number of aliphatic hydroxyl groups excluding tert-OH is 1. The second-order valence-corrected chi connectivity index (χ2v) is 4.95. The second kappa shape index (κ2) is 6.84. The fraction of sp³-hybridized carbons (Fsp3) is 0.200. The SMILES string of the molecule is COc1cc(CO)ccc1OCc1c(Cl)cccc1Cl. The van der Waals surface area contributed by atoms with E-state index in [0.717, 1.165) is 11.1 Å². The molecule has 0 fully saturated rings. The molecule has 20 heavy (non-hydrogen) atoms. The van der Waals surface area contributed by atoms with E-state index in [4.69, 9.17) is 37.8 Å². The maximum Gasteiger partial charge on any atom is 0.161 e. The monoisotopic (exact) mass is 312 g/mol. The summed E-state index contributed by atoms with van der Waals surface area (Å²) in [4.78, 5) is 0. The highest BCUT2D eigenvalue weighted by atomic mass is 35.5. The quantitative estimate of drug-likeness (QED) is 0.904. The summed E-state index contributed by atoms with van der Waals surface area (Å²) in [6.07, 6.45) is 0. The van der Waals surface area contributed by atoms with Crippen molar-refractivity contribution in [2.45, 2.75) is 13.2 Å². The van der Waals surface area contributed by atoms with Crippen LogP contribution in [0.15, 0.2) is 36.4 Å².